The van der Waals surface area contributed by atoms with Gasteiger partial charge in [0.05, 0.1) is 12.5 Å². The second-order valence-corrected chi connectivity index (χ2v) is 6.27. The Morgan fingerprint density at radius 3 is 2.72 bits per heavy atom. The van der Waals surface area contributed by atoms with E-state index in [4.69, 9.17) is 16.3 Å². The van der Waals surface area contributed by atoms with Gasteiger partial charge in [0, 0.05) is 29.4 Å². The van der Waals surface area contributed by atoms with E-state index in [0.717, 1.165) is 5.75 Å². The number of carbonyl (C=O) groups excluding carboxylic acids is 2. The van der Waals surface area contributed by atoms with Crippen LogP contribution in [-0.2, 0) is 9.59 Å². The van der Waals surface area contributed by atoms with E-state index < -0.39 is 5.92 Å². The molecule has 3 rings (SSSR count). The number of hydrogen-bond acceptors (Lipinski definition) is 3. The smallest absolute Gasteiger partial charge is 0.229 e. The summed E-state index contributed by atoms with van der Waals surface area (Å²) in [5, 5.41) is 3.42. The fraction of sp³-hybridized carbons (Fsp3) is 0.263. The molecule has 0 bridgehead atoms. The van der Waals surface area contributed by atoms with E-state index in [0.29, 0.717) is 29.5 Å². The molecule has 0 unspecified atom stereocenters. The molecule has 0 saturated carbocycles. The van der Waals surface area contributed by atoms with E-state index in [1.165, 1.54) is 0 Å². The van der Waals surface area contributed by atoms with Crippen molar-refractivity contribution >= 4 is 34.8 Å². The van der Waals surface area contributed by atoms with Crippen molar-refractivity contribution in [3.63, 3.8) is 0 Å². The summed E-state index contributed by atoms with van der Waals surface area (Å²) >= 11 is 5.98. The molecule has 0 radical (unpaired) electrons. The molecule has 5 nitrogen and oxygen atoms in total. The van der Waals surface area contributed by atoms with Crippen LogP contribution in [0.15, 0.2) is 48.5 Å². The highest BCUT2D eigenvalue weighted by Crippen LogP contribution is 2.28. The topological polar surface area (TPSA) is 58.6 Å². The SMILES string of the molecule is CCOc1ccc(NC(=O)[C@@H]2CC(=O)N(c3cccc(Cl)c3)C2)cc1. The number of carbonyl (C=O) groups is 2. The van der Waals surface area contributed by atoms with E-state index in [1.54, 1.807) is 47.4 Å². The standard InChI is InChI=1S/C19H19ClN2O3/c1-2-25-17-8-6-15(7-9-17)21-19(24)13-10-18(23)22(12-13)16-5-3-4-14(20)11-16/h3-9,11,13H,2,10,12H2,1H3,(H,21,24)/t13-/m1/s1. The van der Waals surface area contributed by atoms with Crippen LogP contribution in [0, 0.1) is 5.92 Å². The molecule has 2 aromatic carbocycles. The highest BCUT2D eigenvalue weighted by Gasteiger charge is 2.35. The zero-order valence-electron chi connectivity index (χ0n) is 13.9. The minimum absolute atomic E-state index is 0.0749. The molecule has 0 aromatic heterocycles. The van der Waals surface area contributed by atoms with Crippen molar-refractivity contribution in [1.82, 2.24) is 0 Å². The molecule has 1 aliphatic heterocycles. The molecule has 1 N–H and O–H groups in total. The minimum Gasteiger partial charge on any atom is -0.494 e. The van der Waals surface area contributed by atoms with Crippen molar-refractivity contribution in [2.24, 2.45) is 5.92 Å². The summed E-state index contributed by atoms with van der Waals surface area (Å²) in [6.07, 6.45) is 0.190. The summed E-state index contributed by atoms with van der Waals surface area (Å²) in [5.41, 5.74) is 1.40. The predicted molar refractivity (Wildman–Crippen MR) is 98.2 cm³/mol. The molecule has 0 spiro atoms. The fourth-order valence-corrected chi connectivity index (χ4v) is 3.01. The van der Waals surface area contributed by atoms with E-state index in [9.17, 15) is 9.59 Å². The number of rotatable bonds is 5. The third kappa shape index (κ3) is 4.12. The number of amides is 2. The van der Waals surface area contributed by atoms with Crippen molar-refractivity contribution in [2.75, 3.05) is 23.4 Å². The summed E-state index contributed by atoms with van der Waals surface area (Å²) in [5.74, 6) is 0.123. The van der Waals surface area contributed by atoms with Gasteiger partial charge in [-0.2, -0.15) is 0 Å². The van der Waals surface area contributed by atoms with Gasteiger partial charge in [-0.05, 0) is 49.4 Å². The molecule has 1 aliphatic rings. The van der Waals surface area contributed by atoms with Gasteiger partial charge in [-0.25, -0.2) is 0 Å². The number of benzene rings is 2. The van der Waals surface area contributed by atoms with Crippen LogP contribution in [-0.4, -0.2) is 25.0 Å². The molecule has 2 amide bonds. The normalized spacial score (nSPS) is 16.8. The summed E-state index contributed by atoms with van der Waals surface area (Å²) in [4.78, 5) is 26.3. The molecular weight excluding hydrogens is 340 g/mol. The Bertz CT molecular complexity index is 776. The first-order valence-corrected chi connectivity index (χ1v) is 8.54. The minimum atomic E-state index is -0.391. The lowest BCUT2D eigenvalue weighted by molar-refractivity contribution is -0.122. The monoisotopic (exact) mass is 358 g/mol. The Balaban J connectivity index is 1.64. The van der Waals surface area contributed by atoms with Gasteiger partial charge in [0.15, 0.2) is 0 Å². The molecule has 1 atom stereocenters. The Morgan fingerprint density at radius 2 is 2.04 bits per heavy atom. The van der Waals surface area contributed by atoms with E-state index in [2.05, 4.69) is 5.32 Å². The third-order valence-electron chi connectivity index (χ3n) is 4.05. The van der Waals surface area contributed by atoms with Crippen LogP contribution in [0.25, 0.3) is 0 Å². The first-order chi connectivity index (χ1) is 12.1. The van der Waals surface area contributed by atoms with Crippen LogP contribution in [0.4, 0.5) is 11.4 Å². The fourth-order valence-electron chi connectivity index (χ4n) is 2.82. The van der Waals surface area contributed by atoms with Crippen molar-refractivity contribution in [3.05, 3.63) is 53.6 Å². The number of hydrogen-bond donors (Lipinski definition) is 1. The Kier molecular flexibility index (Phi) is 5.24. The molecule has 0 aliphatic carbocycles. The van der Waals surface area contributed by atoms with E-state index in [1.807, 2.05) is 13.0 Å². The van der Waals surface area contributed by atoms with Crippen LogP contribution in [0.1, 0.15) is 13.3 Å². The number of halogens is 1. The van der Waals surface area contributed by atoms with Crippen molar-refractivity contribution in [3.8, 4) is 5.75 Å². The number of anilines is 2. The number of nitrogens with one attached hydrogen (secondary N) is 1. The summed E-state index contributed by atoms with van der Waals surface area (Å²) < 4.78 is 5.38. The van der Waals surface area contributed by atoms with Crippen LogP contribution in [0.3, 0.4) is 0 Å². The Hall–Kier alpha value is -2.53. The number of ether oxygens (including phenoxy) is 1. The second kappa shape index (κ2) is 7.57. The molecule has 25 heavy (non-hydrogen) atoms. The average Bonchev–Trinajstić information content (AvgIpc) is 2.99. The van der Waals surface area contributed by atoms with Gasteiger partial charge < -0.3 is 15.0 Å². The maximum Gasteiger partial charge on any atom is 0.229 e. The van der Waals surface area contributed by atoms with Gasteiger partial charge in [0.2, 0.25) is 11.8 Å². The molecule has 130 valence electrons. The zero-order chi connectivity index (χ0) is 17.8. The van der Waals surface area contributed by atoms with Crippen LogP contribution in [0.5, 0.6) is 5.75 Å². The molecule has 2 aromatic rings. The quantitative estimate of drug-likeness (QED) is 0.886. The van der Waals surface area contributed by atoms with Crippen LogP contribution >= 0.6 is 11.6 Å². The van der Waals surface area contributed by atoms with Gasteiger partial charge in [0.1, 0.15) is 5.75 Å². The van der Waals surface area contributed by atoms with Crippen molar-refractivity contribution < 1.29 is 14.3 Å². The van der Waals surface area contributed by atoms with Gasteiger partial charge in [0.25, 0.3) is 0 Å². The largest absolute Gasteiger partial charge is 0.494 e. The summed E-state index contributed by atoms with van der Waals surface area (Å²) in [6, 6.07) is 14.3. The lowest BCUT2D eigenvalue weighted by atomic mass is 10.1. The maximum absolute atomic E-state index is 12.5. The van der Waals surface area contributed by atoms with Crippen LogP contribution < -0.4 is 15.0 Å². The molecule has 1 heterocycles. The van der Waals surface area contributed by atoms with E-state index in [-0.39, 0.29) is 18.2 Å². The third-order valence-corrected chi connectivity index (χ3v) is 4.28. The lowest BCUT2D eigenvalue weighted by Crippen LogP contribution is -2.28. The molecule has 1 fully saturated rings. The summed E-state index contributed by atoms with van der Waals surface area (Å²) in [6.45, 7) is 2.86. The van der Waals surface area contributed by atoms with E-state index >= 15 is 0 Å². The number of nitrogens with zero attached hydrogens (tertiary/aromatic N) is 1. The summed E-state index contributed by atoms with van der Waals surface area (Å²) in [7, 11) is 0. The molecule has 1 saturated heterocycles. The van der Waals surface area contributed by atoms with Crippen molar-refractivity contribution in [2.45, 2.75) is 13.3 Å². The highest BCUT2D eigenvalue weighted by atomic mass is 35.5. The maximum atomic E-state index is 12.5. The van der Waals surface area contributed by atoms with Gasteiger partial charge in [-0.1, -0.05) is 17.7 Å². The zero-order valence-corrected chi connectivity index (χ0v) is 14.6. The van der Waals surface area contributed by atoms with Crippen LogP contribution in [0.2, 0.25) is 5.02 Å². The molecule has 6 heteroatoms. The Morgan fingerprint density at radius 1 is 1.28 bits per heavy atom. The van der Waals surface area contributed by atoms with Gasteiger partial charge in [-0.3, -0.25) is 9.59 Å². The first-order valence-electron chi connectivity index (χ1n) is 8.16. The highest BCUT2D eigenvalue weighted by molar-refractivity contribution is 6.31. The van der Waals surface area contributed by atoms with Gasteiger partial charge >= 0.3 is 0 Å². The van der Waals surface area contributed by atoms with Crippen molar-refractivity contribution in [1.29, 1.82) is 0 Å². The lowest BCUT2D eigenvalue weighted by Gasteiger charge is -2.17. The first kappa shape index (κ1) is 17.3. The Labute approximate surface area is 151 Å². The average molecular weight is 359 g/mol. The second-order valence-electron chi connectivity index (χ2n) is 5.83. The van der Waals surface area contributed by atoms with Gasteiger partial charge in [-0.15, -0.1) is 0 Å². The molecular formula is C19H19ClN2O3. The predicted octanol–water partition coefficient (Wildman–Crippen LogP) is 3.73.